The van der Waals surface area contributed by atoms with Crippen LogP contribution in [0.15, 0.2) is 18.2 Å². The molecule has 1 aromatic carbocycles. The molecule has 0 bridgehead atoms. The second-order valence-corrected chi connectivity index (χ2v) is 7.08. The van der Waals surface area contributed by atoms with E-state index in [0.29, 0.717) is 17.8 Å². The molecule has 2 atom stereocenters. The van der Waals surface area contributed by atoms with Crippen LogP contribution in [0.1, 0.15) is 44.1 Å². The fraction of sp³-hybridized carbons (Fsp3) is 0.684. The number of benzene rings is 1. The summed E-state index contributed by atoms with van der Waals surface area (Å²) in [5.41, 5.74) is 1.04. The highest BCUT2D eigenvalue weighted by atomic mass is 19.1. The summed E-state index contributed by atoms with van der Waals surface area (Å²) < 4.78 is 18.5. The number of rotatable bonds is 5. The lowest BCUT2D eigenvalue weighted by Gasteiger charge is -2.41. The molecule has 0 amide bonds. The second-order valence-electron chi connectivity index (χ2n) is 7.08. The molecule has 2 N–H and O–H groups in total. The van der Waals surface area contributed by atoms with Gasteiger partial charge in [-0.1, -0.05) is 18.9 Å². The number of methoxy groups -OCH3 is 1. The van der Waals surface area contributed by atoms with Gasteiger partial charge in [0.25, 0.3) is 0 Å². The average molecular weight is 336 g/mol. The van der Waals surface area contributed by atoms with Gasteiger partial charge in [0, 0.05) is 31.7 Å². The molecule has 134 valence electrons. The largest absolute Gasteiger partial charge is 0.494 e. The summed E-state index contributed by atoms with van der Waals surface area (Å²) in [6, 6.07) is 5.87. The predicted molar refractivity (Wildman–Crippen MR) is 92.6 cm³/mol. The van der Waals surface area contributed by atoms with Gasteiger partial charge in [-0.05, 0) is 43.4 Å². The summed E-state index contributed by atoms with van der Waals surface area (Å²) in [6.45, 7) is 2.83. The third kappa shape index (κ3) is 4.26. The van der Waals surface area contributed by atoms with Gasteiger partial charge in [0.15, 0.2) is 11.6 Å². The summed E-state index contributed by atoms with van der Waals surface area (Å²) >= 11 is 0. The first-order valence-electron chi connectivity index (χ1n) is 9.15. The monoisotopic (exact) mass is 336 g/mol. The third-order valence-electron chi connectivity index (χ3n) is 5.50. The van der Waals surface area contributed by atoms with Gasteiger partial charge in [0.1, 0.15) is 0 Å². The second kappa shape index (κ2) is 8.28. The van der Waals surface area contributed by atoms with Crippen LogP contribution in [0.5, 0.6) is 5.75 Å². The molecule has 2 fully saturated rings. The molecule has 0 aromatic heterocycles. The van der Waals surface area contributed by atoms with E-state index in [4.69, 9.17) is 4.74 Å². The molecule has 0 spiro atoms. The van der Waals surface area contributed by atoms with Crippen LogP contribution in [0, 0.1) is 5.82 Å². The van der Waals surface area contributed by atoms with E-state index >= 15 is 0 Å². The van der Waals surface area contributed by atoms with E-state index in [1.807, 2.05) is 0 Å². The Hall–Kier alpha value is -1.17. The van der Waals surface area contributed by atoms with Gasteiger partial charge in [-0.25, -0.2) is 4.39 Å². The van der Waals surface area contributed by atoms with Crippen molar-refractivity contribution in [1.29, 1.82) is 0 Å². The molecule has 5 heteroatoms. The zero-order valence-corrected chi connectivity index (χ0v) is 14.5. The summed E-state index contributed by atoms with van der Waals surface area (Å²) in [7, 11) is 1.49. The van der Waals surface area contributed by atoms with Crippen LogP contribution >= 0.6 is 0 Å². The number of hydrogen-bond acceptors (Lipinski definition) is 4. The molecule has 2 aliphatic rings. The first kappa shape index (κ1) is 17.6. The number of nitrogens with one attached hydrogen (secondary N) is 1. The minimum Gasteiger partial charge on any atom is -0.494 e. The van der Waals surface area contributed by atoms with Gasteiger partial charge in [-0.3, -0.25) is 4.90 Å². The Labute approximate surface area is 144 Å². The zero-order valence-electron chi connectivity index (χ0n) is 14.5. The van der Waals surface area contributed by atoms with E-state index in [9.17, 15) is 9.50 Å². The fourth-order valence-electron chi connectivity index (χ4n) is 4.03. The highest BCUT2D eigenvalue weighted by Gasteiger charge is 2.31. The van der Waals surface area contributed by atoms with Crippen LogP contribution in [0.2, 0.25) is 0 Å². The van der Waals surface area contributed by atoms with E-state index in [2.05, 4.69) is 10.2 Å². The molecule has 0 unspecified atom stereocenters. The van der Waals surface area contributed by atoms with Gasteiger partial charge in [-0.2, -0.15) is 0 Å². The predicted octanol–water partition coefficient (Wildman–Crippen LogP) is 2.69. The molecule has 4 nitrogen and oxygen atoms in total. The Morgan fingerprint density at radius 3 is 2.67 bits per heavy atom. The van der Waals surface area contributed by atoms with Crippen LogP contribution < -0.4 is 10.1 Å². The minimum absolute atomic E-state index is 0.144. The van der Waals surface area contributed by atoms with E-state index in [1.54, 1.807) is 12.1 Å². The molecule has 0 radical (unpaired) electrons. The molecule has 1 saturated heterocycles. The van der Waals surface area contributed by atoms with Crippen molar-refractivity contribution in [3.05, 3.63) is 29.6 Å². The lowest BCUT2D eigenvalue weighted by molar-refractivity contribution is 0.00714. The quantitative estimate of drug-likeness (QED) is 0.868. The first-order chi connectivity index (χ1) is 11.7. The molecule has 1 aromatic rings. The maximum Gasteiger partial charge on any atom is 0.165 e. The number of likely N-dealkylation sites (tertiary alicyclic amines) is 1. The molecule has 24 heavy (non-hydrogen) atoms. The first-order valence-corrected chi connectivity index (χ1v) is 9.15. The topological polar surface area (TPSA) is 44.7 Å². The van der Waals surface area contributed by atoms with Crippen LogP contribution in [-0.2, 0) is 6.54 Å². The van der Waals surface area contributed by atoms with Crippen LogP contribution in [-0.4, -0.2) is 48.4 Å². The molecule has 1 heterocycles. The lowest BCUT2D eigenvalue weighted by atomic mass is 9.89. The number of nitrogens with zero attached hydrogens (tertiary/aromatic N) is 1. The van der Waals surface area contributed by atoms with Crippen LogP contribution in [0.3, 0.4) is 0 Å². The van der Waals surface area contributed by atoms with E-state index in [1.165, 1.54) is 19.6 Å². The Morgan fingerprint density at radius 2 is 1.96 bits per heavy atom. The van der Waals surface area contributed by atoms with Crippen molar-refractivity contribution < 1.29 is 14.2 Å². The lowest BCUT2D eigenvalue weighted by Crippen LogP contribution is -2.51. The highest BCUT2D eigenvalue weighted by Crippen LogP contribution is 2.26. The number of ether oxygens (including phenoxy) is 1. The summed E-state index contributed by atoms with van der Waals surface area (Å²) in [6.07, 6.45) is 6.55. The minimum atomic E-state index is -0.319. The van der Waals surface area contributed by atoms with E-state index in [-0.39, 0.29) is 11.9 Å². The zero-order chi connectivity index (χ0) is 16.9. The number of aliphatic hydroxyl groups excluding tert-OH is 1. The summed E-state index contributed by atoms with van der Waals surface area (Å²) in [5, 5.41) is 13.8. The van der Waals surface area contributed by atoms with Gasteiger partial charge < -0.3 is 15.2 Å². The number of halogens is 1. The van der Waals surface area contributed by atoms with E-state index in [0.717, 1.165) is 57.3 Å². The van der Waals surface area contributed by atoms with Gasteiger partial charge in [-0.15, -0.1) is 0 Å². The van der Waals surface area contributed by atoms with Crippen molar-refractivity contribution in [1.82, 2.24) is 10.2 Å². The normalized spacial score (nSPS) is 26.5. The van der Waals surface area contributed by atoms with Crippen LogP contribution in [0.4, 0.5) is 4.39 Å². The Morgan fingerprint density at radius 1 is 1.21 bits per heavy atom. The highest BCUT2D eigenvalue weighted by molar-refractivity contribution is 5.30. The number of aliphatic hydroxyl groups is 1. The average Bonchev–Trinajstić information content (AvgIpc) is 2.62. The van der Waals surface area contributed by atoms with Crippen molar-refractivity contribution in [2.75, 3.05) is 20.2 Å². The maximum atomic E-state index is 13.4. The molecule has 1 saturated carbocycles. The SMILES string of the molecule is COc1cc(CNC2CCN([C@H]3CCCC[C@H]3O)CC2)ccc1F. The third-order valence-corrected chi connectivity index (χ3v) is 5.50. The molecule has 1 aliphatic heterocycles. The van der Waals surface area contributed by atoms with Crippen molar-refractivity contribution in [3.8, 4) is 5.75 Å². The van der Waals surface area contributed by atoms with Crippen molar-refractivity contribution in [2.24, 2.45) is 0 Å². The molecule has 1 aliphatic carbocycles. The van der Waals surface area contributed by atoms with Crippen molar-refractivity contribution in [3.63, 3.8) is 0 Å². The van der Waals surface area contributed by atoms with Gasteiger partial charge in [0.05, 0.1) is 13.2 Å². The smallest absolute Gasteiger partial charge is 0.165 e. The Kier molecular flexibility index (Phi) is 6.09. The number of hydrogen-bond donors (Lipinski definition) is 2. The van der Waals surface area contributed by atoms with Gasteiger partial charge in [0.2, 0.25) is 0 Å². The fourth-order valence-corrected chi connectivity index (χ4v) is 4.03. The van der Waals surface area contributed by atoms with Crippen molar-refractivity contribution in [2.45, 2.75) is 63.3 Å². The summed E-state index contributed by atoms with van der Waals surface area (Å²) in [5.74, 6) is -0.0176. The Balaban J connectivity index is 1.45. The van der Waals surface area contributed by atoms with Crippen LogP contribution in [0.25, 0.3) is 0 Å². The molecule has 3 rings (SSSR count). The number of piperidine rings is 1. The Bertz CT molecular complexity index is 532. The molecular weight excluding hydrogens is 307 g/mol. The molecular formula is C19H29FN2O2. The van der Waals surface area contributed by atoms with Crippen molar-refractivity contribution >= 4 is 0 Å². The maximum absolute atomic E-state index is 13.4. The summed E-state index contributed by atoms with van der Waals surface area (Å²) in [4.78, 5) is 2.48. The standard InChI is InChI=1S/C19H29FN2O2/c1-24-19-12-14(6-7-16(19)20)13-21-15-8-10-22(11-9-15)17-4-2-3-5-18(17)23/h6-7,12,15,17-18,21,23H,2-5,8-11,13H2,1H3/t17-,18+/m0/s1. The van der Waals surface area contributed by atoms with E-state index < -0.39 is 0 Å². The van der Waals surface area contributed by atoms with Gasteiger partial charge >= 0.3 is 0 Å².